The topological polar surface area (TPSA) is 61.9 Å². The van der Waals surface area contributed by atoms with Crippen molar-refractivity contribution in [3.8, 4) is 11.4 Å². The molecule has 4 rings (SSSR count). The number of ether oxygens (including phenoxy) is 1. The fraction of sp³-hybridized carbons (Fsp3) is 0.350. The maximum absolute atomic E-state index is 12.4. The molecule has 0 amide bonds. The van der Waals surface area contributed by atoms with Gasteiger partial charge in [-0.2, -0.15) is 9.36 Å². The number of nitrogens with zero attached hydrogens (tertiary/aromatic N) is 4. The van der Waals surface area contributed by atoms with E-state index in [0.717, 1.165) is 29.5 Å². The Kier molecular flexibility index (Phi) is 4.52. The molecule has 1 fully saturated rings. The van der Waals surface area contributed by atoms with Gasteiger partial charge in [0.05, 0.1) is 10.7 Å². The second-order valence-corrected chi connectivity index (χ2v) is 7.48. The molecule has 0 saturated heterocycles. The summed E-state index contributed by atoms with van der Waals surface area (Å²) in [5.41, 5.74) is 4.82. The summed E-state index contributed by atoms with van der Waals surface area (Å²) in [6, 6.07) is 9.79. The minimum absolute atomic E-state index is 0.284. The normalized spacial score (nSPS) is 13.8. The standard InChI is InChI=1S/C20H21ClN4O2/c1-12-9-17(21)19(10-13(12)2)27-11-16-15(14-7-8-14)5-4-6-18(16)25-20(26)24(3)22-23-25/h4-6,9-10,14H,7-8,11H2,1-3H3. The van der Waals surface area contributed by atoms with Crippen molar-refractivity contribution in [2.75, 3.05) is 0 Å². The van der Waals surface area contributed by atoms with Crippen molar-refractivity contribution in [3.63, 3.8) is 0 Å². The summed E-state index contributed by atoms with van der Waals surface area (Å²) in [5, 5.41) is 8.42. The van der Waals surface area contributed by atoms with Gasteiger partial charge in [0.2, 0.25) is 0 Å². The van der Waals surface area contributed by atoms with Gasteiger partial charge in [-0.3, -0.25) is 0 Å². The van der Waals surface area contributed by atoms with Gasteiger partial charge in [0.25, 0.3) is 0 Å². The highest BCUT2D eigenvalue weighted by Gasteiger charge is 2.28. The van der Waals surface area contributed by atoms with Crippen molar-refractivity contribution in [1.82, 2.24) is 19.8 Å². The van der Waals surface area contributed by atoms with Crippen molar-refractivity contribution in [3.05, 3.63) is 68.1 Å². The highest BCUT2D eigenvalue weighted by atomic mass is 35.5. The van der Waals surface area contributed by atoms with E-state index in [2.05, 4.69) is 16.5 Å². The van der Waals surface area contributed by atoms with E-state index >= 15 is 0 Å². The van der Waals surface area contributed by atoms with Crippen LogP contribution >= 0.6 is 11.6 Å². The number of halogens is 1. The number of tetrazole rings is 1. The molecule has 0 aliphatic heterocycles. The minimum atomic E-state index is -0.284. The van der Waals surface area contributed by atoms with Crippen molar-refractivity contribution in [1.29, 1.82) is 0 Å². The summed E-state index contributed by atoms with van der Waals surface area (Å²) in [5.74, 6) is 1.15. The summed E-state index contributed by atoms with van der Waals surface area (Å²) in [6.45, 7) is 4.36. The van der Waals surface area contributed by atoms with Crippen LogP contribution in [0.3, 0.4) is 0 Å². The Morgan fingerprint density at radius 3 is 2.59 bits per heavy atom. The van der Waals surface area contributed by atoms with Crippen LogP contribution in [0.25, 0.3) is 5.69 Å². The fourth-order valence-corrected chi connectivity index (χ4v) is 3.48. The van der Waals surface area contributed by atoms with Gasteiger partial charge in [-0.05, 0) is 77.9 Å². The molecule has 1 aliphatic carbocycles. The zero-order valence-corrected chi connectivity index (χ0v) is 16.3. The monoisotopic (exact) mass is 384 g/mol. The van der Waals surface area contributed by atoms with Gasteiger partial charge in [0, 0.05) is 12.6 Å². The van der Waals surface area contributed by atoms with Gasteiger partial charge >= 0.3 is 5.69 Å². The predicted molar refractivity (Wildman–Crippen MR) is 104 cm³/mol. The highest BCUT2D eigenvalue weighted by molar-refractivity contribution is 6.32. The zero-order chi connectivity index (χ0) is 19.1. The minimum Gasteiger partial charge on any atom is -0.487 e. The molecule has 3 aromatic rings. The van der Waals surface area contributed by atoms with Crippen LogP contribution in [0.2, 0.25) is 5.02 Å². The molecule has 2 aromatic carbocycles. The molecule has 140 valence electrons. The first-order valence-corrected chi connectivity index (χ1v) is 9.34. The molecule has 6 nitrogen and oxygen atoms in total. The third-order valence-corrected chi connectivity index (χ3v) is 5.37. The SMILES string of the molecule is Cc1cc(Cl)c(OCc2c(C3CC3)cccc2-n2nnn(C)c2=O)cc1C. The number of aryl methyl sites for hydroxylation is 3. The van der Waals surface area contributed by atoms with Crippen molar-refractivity contribution in [2.45, 2.75) is 39.2 Å². The molecule has 27 heavy (non-hydrogen) atoms. The molecular weight excluding hydrogens is 364 g/mol. The quantitative estimate of drug-likeness (QED) is 0.673. The average molecular weight is 385 g/mol. The van der Waals surface area contributed by atoms with Crippen LogP contribution in [0, 0.1) is 13.8 Å². The van der Waals surface area contributed by atoms with Gasteiger partial charge in [-0.25, -0.2) is 4.79 Å². The molecule has 0 unspecified atom stereocenters. The largest absolute Gasteiger partial charge is 0.487 e. The molecule has 0 N–H and O–H groups in total. The number of aromatic nitrogens is 4. The lowest BCUT2D eigenvalue weighted by Crippen LogP contribution is -2.23. The van der Waals surface area contributed by atoms with Crippen molar-refractivity contribution < 1.29 is 4.74 Å². The van der Waals surface area contributed by atoms with Gasteiger partial charge in [0.1, 0.15) is 12.4 Å². The molecule has 1 heterocycles. The fourth-order valence-electron chi connectivity index (χ4n) is 3.20. The molecule has 0 radical (unpaired) electrons. The van der Waals surface area contributed by atoms with Gasteiger partial charge in [-0.1, -0.05) is 23.7 Å². The van der Waals surface area contributed by atoms with Crippen LogP contribution in [0.5, 0.6) is 5.75 Å². The van der Waals surface area contributed by atoms with E-state index in [4.69, 9.17) is 16.3 Å². The summed E-state index contributed by atoms with van der Waals surface area (Å²) in [7, 11) is 1.58. The summed E-state index contributed by atoms with van der Waals surface area (Å²) in [6.07, 6.45) is 2.30. The highest BCUT2D eigenvalue weighted by Crippen LogP contribution is 2.43. The lowest BCUT2D eigenvalue weighted by atomic mass is 10.0. The second kappa shape index (κ2) is 6.85. The van der Waals surface area contributed by atoms with E-state index in [0.29, 0.717) is 29.0 Å². The van der Waals surface area contributed by atoms with Crippen molar-refractivity contribution in [2.24, 2.45) is 7.05 Å². The molecule has 0 atom stereocenters. The molecule has 7 heteroatoms. The smallest absolute Gasteiger partial charge is 0.368 e. The summed E-state index contributed by atoms with van der Waals surface area (Å²) >= 11 is 6.36. The number of hydrogen-bond donors (Lipinski definition) is 0. The Morgan fingerprint density at radius 1 is 1.19 bits per heavy atom. The van der Waals surface area contributed by atoms with E-state index in [9.17, 15) is 4.79 Å². The lowest BCUT2D eigenvalue weighted by molar-refractivity contribution is 0.304. The Hall–Kier alpha value is -2.60. The molecular formula is C20H21ClN4O2. The second-order valence-electron chi connectivity index (χ2n) is 7.07. The van der Waals surface area contributed by atoms with Crippen LogP contribution < -0.4 is 10.4 Å². The Balaban J connectivity index is 1.74. The Bertz CT molecular complexity index is 1070. The molecule has 1 aliphatic rings. The maximum atomic E-state index is 12.4. The van der Waals surface area contributed by atoms with Crippen LogP contribution in [0.4, 0.5) is 0 Å². The first kappa shape index (κ1) is 17.8. The maximum Gasteiger partial charge on any atom is 0.368 e. The van der Waals surface area contributed by atoms with Gasteiger partial charge in [-0.15, -0.1) is 0 Å². The third kappa shape index (κ3) is 3.37. The lowest BCUT2D eigenvalue weighted by Gasteiger charge is -2.16. The first-order chi connectivity index (χ1) is 13.0. The first-order valence-electron chi connectivity index (χ1n) is 8.96. The average Bonchev–Trinajstić information content (AvgIpc) is 3.43. The van der Waals surface area contributed by atoms with Crippen LogP contribution in [0.1, 0.15) is 41.0 Å². The molecule has 0 bridgehead atoms. The Labute approximate surface area is 162 Å². The summed E-state index contributed by atoms with van der Waals surface area (Å²) in [4.78, 5) is 12.4. The van der Waals surface area contributed by atoms with Crippen molar-refractivity contribution >= 4 is 11.6 Å². The van der Waals surface area contributed by atoms with E-state index in [1.807, 2.05) is 38.1 Å². The summed E-state index contributed by atoms with van der Waals surface area (Å²) < 4.78 is 8.63. The van der Waals surface area contributed by atoms with Crippen LogP contribution in [-0.4, -0.2) is 19.8 Å². The zero-order valence-electron chi connectivity index (χ0n) is 15.6. The number of hydrogen-bond acceptors (Lipinski definition) is 4. The third-order valence-electron chi connectivity index (χ3n) is 5.07. The van der Waals surface area contributed by atoms with E-state index in [-0.39, 0.29) is 5.69 Å². The number of benzene rings is 2. The predicted octanol–water partition coefficient (Wildman–Crippen LogP) is 3.69. The molecule has 0 spiro atoms. The van der Waals surface area contributed by atoms with E-state index < -0.39 is 0 Å². The number of rotatable bonds is 5. The molecule has 1 saturated carbocycles. The van der Waals surface area contributed by atoms with Crippen LogP contribution in [-0.2, 0) is 13.7 Å². The molecule has 1 aromatic heterocycles. The van der Waals surface area contributed by atoms with Gasteiger partial charge < -0.3 is 4.74 Å². The van der Waals surface area contributed by atoms with Gasteiger partial charge in [0.15, 0.2) is 0 Å². The van der Waals surface area contributed by atoms with Crippen LogP contribution in [0.15, 0.2) is 35.1 Å². The van der Waals surface area contributed by atoms with E-state index in [1.165, 1.54) is 14.9 Å². The van der Waals surface area contributed by atoms with E-state index in [1.54, 1.807) is 7.05 Å². The Morgan fingerprint density at radius 2 is 1.93 bits per heavy atom.